The van der Waals surface area contributed by atoms with Gasteiger partial charge in [0.2, 0.25) is 0 Å². The molecule has 21 heavy (non-hydrogen) atoms. The van der Waals surface area contributed by atoms with Crippen LogP contribution in [0.2, 0.25) is 0 Å². The number of nitrogens with one attached hydrogen (secondary N) is 1. The molecule has 108 valence electrons. The third-order valence-electron chi connectivity index (χ3n) is 3.83. The maximum absolute atomic E-state index is 5.61. The zero-order chi connectivity index (χ0) is 14.7. The number of aromatic nitrogens is 1. The predicted molar refractivity (Wildman–Crippen MR) is 85.3 cm³/mol. The van der Waals surface area contributed by atoms with Crippen LogP contribution in [-0.2, 0) is 6.42 Å². The summed E-state index contributed by atoms with van der Waals surface area (Å²) in [4.78, 5) is 4.41. The number of aryl methyl sites for hydroxylation is 1. The van der Waals surface area contributed by atoms with Crippen molar-refractivity contribution in [2.45, 2.75) is 26.3 Å². The van der Waals surface area contributed by atoms with Crippen LogP contribution >= 0.6 is 0 Å². The molecule has 1 unspecified atom stereocenters. The average Bonchev–Trinajstić information content (AvgIpc) is 3.00. The van der Waals surface area contributed by atoms with Crippen LogP contribution in [-0.4, -0.2) is 11.5 Å². The Morgan fingerprint density at radius 3 is 2.76 bits per heavy atom. The van der Waals surface area contributed by atoms with Crippen molar-refractivity contribution in [2.24, 2.45) is 0 Å². The van der Waals surface area contributed by atoms with Gasteiger partial charge in [-0.15, -0.1) is 0 Å². The van der Waals surface area contributed by atoms with Gasteiger partial charge >= 0.3 is 0 Å². The van der Waals surface area contributed by atoms with E-state index in [1.807, 2.05) is 18.5 Å². The third kappa shape index (κ3) is 2.57. The van der Waals surface area contributed by atoms with Gasteiger partial charge in [0.1, 0.15) is 5.76 Å². The van der Waals surface area contributed by atoms with Gasteiger partial charge in [-0.3, -0.25) is 4.98 Å². The van der Waals surface area contributed by atoms with E-state index in [1.165, 1.54) is 21.9 Å². The van der Waals surface area contributed by atoms with Crippen LogP contribution in [0.3, 0.4) is 0 Å². The van der Waals surface area contributed by atoms with Crippen molar-refractivity contribution in [3.63, 3.8) is 0 Å². The van der Waals surface area contributed by atoms with Crippen molar-refractivity contribution >= 4 is 10.8 Å². The number of rotatable bonds is 5. The normalized spacial score (nSPS) is 12.7. The lowest BCUT2D eigenvalue weighted by Crippen LogP contribution is -2.23. The van der Waals surface area contributed by atoms with Gasteiger partial charge in [-0.05, 0) is 23.6 Å². The maximum atomic E-state index is 5.61. The standard InChI is InChI=1S/C18H20N2O/c1-3-17-15(9-10-21-17)18(20-4-2)16-12-19-11-13-7-5-6-8-14(13)16/h5-12,18,20H,3-4H2,1-2H3. The van der Waals surface area contributed by atoms with Gasteiger partial charge < -0.3 is 9.73 Å². The summed E-state index contributed by atoms with van der Waals surface area (Å²) in [5.41, 5.74) is 2.41. The fraction of sp³-hybridized carbons (Fsp3) is 0.278. The number of furan rings is 1. The predicted octanol–water partition coefficient (Wildman–Crippen LogP) is 4.09. The Morgan fingerprint density at radius 1 is 1.10 bits per heavy atom. The largest absolute Gasteiger partial charge is 0.469 e. The summed E-state index contributed by atoms with van der Waals surface area (Å²) in [6.45, 7) is 5.13. The van der Waals surface area contributed by atoms with Gasteiger partial charge in [-0.1, -0.05) is 38.1 Å². The first kappa shape index (κ1) is 13.8. The fourth-order valence-electron chi connectivity index (χ4n) is 2.86. The van der Waals surface area contributed by atoms with Crippen molar-refractivity contribution in [1.82, 2.24) is 10.3 Å². The second-order valence-electron chi connectivity index (χ2n) is 5.09. The van der Waals surface area contributed by atoms with Crippen LogP contribution < -0.4 is 5.32 Å². The molecule has 0 saturated heterocycles. The van der Waals surface area contributed by atoms with E-state index in [1.54, 1.807) is 6.26 Å². The van der Waals surface area contributed by atoms with Crippen molar-refractivity contribution in [2.75, 3.05) is 6.54 Å². The molecular formula is C18H20N2O. The lowest BCUT2D eigenvalue weighted by molar-refractivity contribution is 0.502. The molecule has 0 spiro atoms. The molecule has 3 nitrogen and oxygen atoms in total. The van der Waals surface area contributed by atoms with Gasteiger partial charge in [-0.2, -0.15) is 0 Å². The molecule has 0 aliphatic rings. The van der Waals surface area contributed by atoms with Crippen LogP contribution in [0.15, 0.2) is 53.4 Å². The minimum atomic E-state index is 0.113. The van der Waals surface area contributed by atoms with Crippen LogP contribution in [0.1, 0.15) is 36.8 Å². The third-order valence-corrected chi connectivity index (χ3v) is 3.83. The maximum Gasteiger partial charge on any atom is 0.108 e. The van der Waals surface area contributed by atoms with Crippen molar-refractivity contribution in [1.29, 1.82) is 0 Å². The average molecular weight is 280 g/mol. The lowest BCUT2D eigenvalue weighted by atomic mass is 9.95. The molecule has 0 fully saturated rings. The highest BCUT2D eigenvalue weighted by Gasteiger charge is 2.20. The first-order valence-corrected chi connectivity index (χ1v) is 7.47. The van der Waals surface area contributed by atoms with E-state index >= 15 is 0 Å². The molecule has 1 atom stereocenters. The summed E-state index contributed by atoms with van der Waals surface area (Å²) in [6, 6.07) is 10.6. The van der Waals surface area contributed by atoms with E-state index in [0.717, 1.165) is 18.7 Å². The summed E-state index contributed by atoms with van der Waals surface area (Å²) < 4.78 is 5.61. The Morgan fingerprint density at radius 2 is 1.95 bits per heavy atom. The fourth-order valence-corrected chi connectivity index (χ4v) is 2.86. The zero-order valence-corrected chi connectivity index (χ0v) is 12.5. The summed E-state index contributed by atoms with van der Waals surface area (Å²) in [7, 11) is 0. The Balaban J connectivity index is 2.16. The molecule has 3 rings (SSSR count). The van der Waals surface area contributed by atoms with E-state index < -0.39 is 0 Å². The van der Waals surface area contributed by atoms with Gasteiger partial charge in [0.05, 0.1) is 12.3 Å². The highest BCUT2D eigenvalue weighted by Crippen LogP contribution is 2.30. The lowest BCUT2D eigenvalue weighted by Gasteiger charge is -2.20. The number of benzene rings is 1. The van der Waals surface area contributed by atoms with Crippen LogP contribution in [0.25, 0.3) is 10.8 Å². The minimum absolute atomic E-state index is 0.113. The summed E-state index contributed by atoms with van der Waals surface area (Å²) in [5.74, 6) is 1.04. The Labute approximate surface area is 125 Å². The van der Waals surface area contributed by atoms with Crippen LogP contribution in [0.5, 0.6) is 0 Å². The van der Waals surface area contributed by atoms with Crippen LogP contribution in [0, 0.1) is 0 Å². The molecule has 2 heterocycles. The first-order chi connectivity index (χ1) is 10.3. The van der Waals surface area contributed by atoms with E-state index in [2.05, 4.69) is 48.4 Å². The van der Waals surface area contributed by atoms with E-state index in [9.17, 15) is 0 Å². The highest BCUT2D eigenvalue weighted by molar-refractivity contribution is 5.85. The van der Waals surface area contributed by atoms with E-state index in [4.69, 9.17) is 4.42 Å². The summed E-state index contributed by atoms with van der Waals surface area (Å²) >= 11 is 0. The zero-order valence-electron chi connectivity index (χ0n) is 12.5. The monoisotopic (exact) mass is 280 g/mol. The smallest absolute Gasteiger partial charge is 0.108 e. The first-order valence-electron chi connectivity index (χ1n) is 7.47. The molecule has 0 saturated carbocycles. The van der Waals surface area contributed by atoms with Gasteiger partial charge in [-0.25, -0.2) is 0 Å². The molecule has 0 aliphatic heterocycles. The molecule has 2 aromatic heterocycles. The highest BCUT2D eigenvalue weighted by atomic mass is 16.3. The Kier molecular flexibility index (Phi) is 4.02. The second-order valence-corrected chi connectivity index (χ2v) is 5.09. The van der Waals surface area contributed by atoms with E-state index in [-0.39, 0.29) is 6.04 Å². The summed E-state index contributed by atoms with van der Waals surface area (Å²) in [5, 5.41) is 5.97. The quantitative estimate of drug-likeness (QED) is 0.765. The molecule has 3 aromatic rings. The van der Waals surface area contributed by atoms with E-state index in [0.29, 0.717) is 0 Å². The number of fused-ring (bicyclic) bond motifs is 1. The Hall–Kier alpha value is -2.13. The topological polar surface area (TPSA) is 38.1 Å². The number of pyridine rings is 1. The van der Waals surface area contributed by atoms with Crippen molar-refractivity contribution < 1.29 is 4.42 Å². The molecule has 1 N–H and O–H groups in total. The number of hydrogen-bond donors (Lipinski definition) is 1. The molecule has 0 radical (unpaired) electrons. The second kappa shape index (κ2) is 6.10. The molecule has 3 heteroatoms. The SMILES string of the molecule is CCNC(c1ccoc1CC)c1cncc2ccccc12. The molecule has 0 bridgehead atoms. The molecular weight excluding hydrogens is 260 g/mol. The summed E-state index contributed by atoms with van der Waals surface area (Å²) in [6.07, 6.45) is 6.54. The molecule has 0 aliphatic carbocycles. The number of hydrogen-bond acceptors (Lipinski definition) is 3. The van der Waals surface area contributed by atoms with Crippen LogP contribution in [0.4, 0.5) is 0 Å². The van der Waals surface area contributed by atoms with Crippen molar-refractivity contribution in [3.05, 3.63) is 65.9 Å². The number of nitrogens with zero attached hydrogens (tertiary/aromatic N) is 1. The van der Waals surface area contributed by atoms with Gasteiger partial charge in [0.25, 0.3) is 0 Å². The minimum Gasteiger partial charge on any atom is -0.469 e. The molecule has 1 aromatic carbocycles. The Bertz CT molecular complexity index is 727. The van der Waals surface area contributed by atoms with Gasteiger partial charge in [0, 0.05) is 29.8 Å². The molecule has 0 amide bonds. The van der Waals surface area contributed by atoms with Gasteiger partial charge in [0.15, 0.2) is 0 Å². The van der Waals surface area contributed by atoms with Crippen molar-refractivity contribution in [3.8, 4) is 0 Å².